The molecule has 3 aromatic rings. The first kappa shape index (κ1) is 17.9. The number of fused-ring (bicyclic) bond motifs is 1. The summed E-state index contributed by atoms with van der Waals surface area (Å²) in [5.41, 5.74) is 0.924. The molecule has 1 fully saturated rings. The van der Waals surface area contributed by atoms with Crippen LogP contribution in [0.25, 0.3) is 10.9 Å². The fourth-order valence-electron chi connectivity index (χ4n) is 3.20. The van der Waals surface area contributed by atoms with Crippen molar-refractivity contribution in [3.05, 3.63) is 40.8 Å². The number of nitrogens with zero attached hydrogens (tertiary/aromatic N) is 5. The quantitative estimate of drug-likeness (QED) is 0.679. The zero-order valence-electron chi connectivity index (χ0n) is 14.9. The molecule has 9 heteroatoms. The highest BCUT2D eigenvalue weighted by atomic mass is 79.9. The average molecular weight is 431 g/mol. The second kappa shape index (κ2) is 7.61. The van der Waals surface area contributed by atoms with Crippen molar-refractivity contribution in [3.8, 4) is 0 Å². The zero-order chi connectivity index (χ0) is 18.8. The van der Waals surface area contributed by atoms with Crippen LogP contribution in [0.4, 0.5) is 11.6 Å². The SMILES string of the molecule is Cc1cc(NC(=O)CN2CCN(c3ncnc4ccc(Br)cc34)CC2)no1. The van der Waals surface area contributed by atoms with Gasteiger partial charge in [0.2, 0.25) is 5.91 Å². The first-order valence-corrected chi connectivity index (χ1v) is 9.48. The molecule has 0 saturated carbocycles. The monoisotopic (exact) mass is 430 g/mol. The summed E-state index contributed by atoms with van der Waals surface area (Å²) in [6.07, 6.45) is 1.60. The predicted molar refractivity (Wildman–Crippen MR) is 106 cm³/mol. The number of nitrogens with one attached hydrogen (secondary N) is 1. The van der Waals surface area contributed by atoms with E-state index in [1.807, 2.05) is 18.2 Å². The van der Waals surface area contributed by atoms with Crippen molar-refractivity contribution in [2.45, 2.75) is 6.92 Å². The van der Waals surface area contributed by atoms with Gasteiger partial charge in [-0.15, -0.1) is 0 Å². The van der Waals surface area contributed by atoms with Gasteiger partial charge in [0.1, 0.15) is 17.9 Å². The minimum atomic E-state index is -0.0897. The Hall–Kier alpha value is -2.52. The number of carbonyl (C=O) groups excluding carboxylic acids is 1. The summed E-state index contributed by atoms with van der Waals surface area (Å²) >= 11 is 3.52. The molecule has 1 aromatic carbocycles. The summed E-state index contributed by atoms with van der Waals surface area (Å²) in [5, 5.41) is 7.57. The fourth-order valence-corrected chi connectivity index (χ4v) is 3.56. The lowest BCUT2D eigenvalue weighted by atomic mass is 10.2. The zero-order valence-corrected chi connectivity index (χ0v) is 16.4. The van der Waals surface area contributed by atoms with Gasteiger partial charge in [0.05, 0.1) is 12.1 Å². The molecule has 8 nitrogen and oxygen atoms in total. The van der Waals surface area contributed by atoms with Gasteiger partial charge >= 0.3 is 0 Å². The van der Waals surface area contributed by atoms with Crippen LogP contribution < -0.4 is 10.2 Å². The Morgan fingerprint density at radius 3 is 2.78 bits per heavy atom. The summed E-state index contributed by atoms with van der Waals surface area (Å²) in [7, 11) is 0. The highest BCUT2D eigenvalue weighted by Gasteiger charge is 2.21. The summed E-state index contributed by atoms with van der Waals surface area (Å²) in [6, 6.07) is 7.71. The lowest BCUT2D eigenvalue weighted by molar-refractivity contribution is -0.117. The third kappa shape index (κ3) is 4.09. The second-order valence-corrected chi connectivity index (χ2v) is 7.41. The minimum absolute atomic E-state index is 0.0897. The fraction of sp³-hybridized carbons (Fsp3) is 0.333. The van der Waals surface area contributed by atoms with E-state index in [1.54, 1.807) is 19.3 Å². The molecule has 0 atom stereocenters. The van der Waals surface area contributed by atoms with Crippen molar-refractivity contribution in [1.82, 2.24) is 20.0 Å². The molecule has 140 valence electrons. The summed E-state index contributed by atoms with van der Waals surface area (Å²) in [5.74, 6) is 1.97. The Balaban J connectivity index is 1.38. The van der Waals surface area contributed by atoms with E-state index in [0.29, 0.717) is 18.1 Å². The molecule has 0 radical (unpaired) electrons. The molecule has 4 rings (SSSR count). The van der Waals surface area contributed by atoms with Gasteiger partial charge in [-0.2, -0.15) is 0 Å². The van der Waals surface area contributed by atoms with Crippen molar-refractivity contribution < 1.29 is 9.32 Å². The van der Waals surface area contributed by atoms with Gasteiger partial charge in [-0.05, 0) is 25.1 Å². The van der Waals surface area contributed by atoms with E-state index >= 15 is 0 Å². The number of carbonyl (C=O) groups is 1. The summed E-state index contributed by atoms with van der Waals surface area (Å²) in [4.78, 5) is 25.4. The topological polar surface area (TPSA) is 87.4 Å². The van der Waals surface area contributed by atoms with Gasteiger partial charge in [0, 0.05) is 42.1 Å². The Morgan fingerprint density at radius 2 is 2.04 bits per heavy atom. The molecule has 1 aliphatic rings. The number of piperazine rings is 1. The van der Waals surface area contributed by atoms with Gasteiger partial charge in [0.15, 0.2) is 5.82 Å². The molecule has 1 N–H and O–H groups in total. The molecule has 1 aliphatic heterocycles. The Morgan fingerprint density at radius 1 is 1.22 bits per heavy atom. The maximum Gasteiger partial charge on any atom is 0.239 e. The number of hydrogen-bond acceptors (Lipinski definition) is 7. The van der Waals surface area contributed by atoms with Gasteiger partial charge in [-0.25, -0.2) is 9.97 Å². The van der Waals surface area contributed by atoms with Crippen LogP contribution in [0.15, 0.2) is 39.6 Å². The highest BCUT2D eigenvalue weighted by Crippen LogP contribution is 2.26. The predicted octanol–water partition coefficient (Wildman–Crippen LogP) is 2.45. The molecule has 2 aromatic heterocycles. The summed E-state index contributed by atoms with van der Waals surface area (Å²) in [6.45, 7) is 5.28. The third-order valence-electron chi connectivity index (χ3n) is 4.51. The molecule has 3 heterocycles. The van der Waals surface area contributed by atoms with Crippen LogP contribution in [0.2, 0.25) is 0 Å². The van der Waals surface area contributed by atoms with Crippen molar-refractivity contribution in [2.24, 2.45) is 0 Å². The molecule has 0 bridgehead atoms. The largest absolute Gasteiger partial charge is 0.360 e. The third-order valence-corrected chi connectivity index (χ3v) is 5.00. The molecule has 0 spiro atoms. The molecular formula is C18H19BrN6O2. The van der Waals surface area contributed by atoms with E-state index in [2.05, 4.69) is 46.2 Å². The highest BCUT2D eigenvalue weighted by molar-refractivity contribution is 9.10. The van der Waals surface area contributed by atoms with Crippen LogP contribution in [0.3, 0.4) is 0 Å². The number of benzene rings is 1. The number of halogens is 1. The Kier molecular flexibility index (Phi) is 5.04. The van der Waals surface area contributed by atoms with Crippen LogP contribution in [-0.2, 0) is 4.79 Å². The Labute approximate surface area is 164 Å². The van der Waals surface area contributed by atoms with Crippen LogP contribution in [0.1, 0.15) is 5.76 Å². The van der Waals surface area contributed by atoms with Crippen LogP contribution in [0, 0.1) is 6.92 Å². The molecular weight excluding hydrogens is 412 g/mol. The molecule has 0 aliphatic carbocycles. The number of aromatic nitrogens is 3. The minimum Gasteiger partial charge on any atom is -0.360 e. The number of aryl methyl sites for hydroxylation is 1. The van der Waals surface area contributed by atoms with Gasteiger partial charge in [0.25, 0.3) is 0 Å². The van der Waals surface area contributed by atoms with E-state index in [9.17, 15) is 4.79 Å². The second-order valence-electron chi connectivity index (χ2n) is 6.49. The van der Waals surface area contributed by atoms with E-state index < -0.39 is 0 Å². The van der Waals surface area contributed by atoms with Crippen molar-refractivity contribution >= 4 is 44.4 Å². The number of anilines is 2. The lowest BCUT2D eigenvalue weighted by Crippen LogP contribution is -2.49. The number of rotatable bonds is 4. The van der Waals surface area contributed by atoms with Crippen molar-refractivity contribution in [3.63, 3.8) is 0 Å². The molecule has 1 amide bonds. The van der Waals surface area contributed by atoms with Gasteiger partial charge < -0.3 is 14.7 Å². The van der Waals surface area contributed by atoms with Crippen LogP contribution >= 0.6 is 15.9 Å². The van der Waals surface area contributed by atoms with Gasteiger partial charge in [-0.1, -0.05) is 21.1 Å². The molecule has 1 saturated heterocycles. The van der Waals surface area contributed by atoms with Crippen LogP contribution in [0.5, 0.6) is 0 Å². The number of amides is 1. The Bertz CT molecular complexity index is 967. The summed E-state index contributed by atoms with van der Waals surface area (Å²) < 4.78 is 5.97. The van der Waals surface area contributed by atoms with Crippen LogP contribution in [-0.4, -0.2) is 58.7 Å². The lowest BCUT2D eigenvalue weighted by Gasteiger charge is -2.35. The standard InChI is InChI=1S/C18H19BrN6O2/c1-12-8-16(23-27-12)22-17(26)10-24-4-6-25(7-5-24)18-14-9-13(19)2-3-15(14)20-11-21-18/h2-3,8-9,11H,4-7,10H2,1H3,(H,22,23,26). The van der Waals surface area contributed by atoms with E-state index in [4.69, 9.17) is 4.52 Å². The van der Waals surface area contributed by atoms with E-state index in [1.165, 1.54) is 0 Å². The van der Waals surface area contributed by atoms with Gasteiger partial charge in [-0.3, -0.25) is 9.69 Å². The van der Waals surface area contributed by atoms with Crippen molar-refractivity contribution in [1.29, 1.82) is 0 Å². The average Bonchev–Trinajstić information content (AvgIpc) is 3.06. The van der Waals surface area contributed by atoms with Crippen molar-refractivity contribution in [2.75, 3.05) is 42.9 Å². The first-order valence-electron chi connectivity index (χ1n) is 8.69. The smallest absolute Gasteiger partial charge is 0.239 e. The maximum absolute atomic E-state index is 12.2. The molecule has 0 unspecified atom stereocenters. The molecule has 27 heavy (non-hydrogen) atoms. The van der Waals surface area contributed by atoms with E-state index in [-0.39, 0.29) is 5.91 Å². The normalized spacial score (nSPS) is 15.3. The maximum atomic E-state index is 12.2. The number of hydrogen-bond donors (Lipinski definition) is 1. The van der Waals surface area contributed by atoms with E-state index in [0.717, 1.165) is 47.4 Å². The first-order chi connectivity index (χ1) is 13.1.